The van der Waals surface area contributed by atoms with Crippen LogP contribution < -0.4 is 5.32 Å². The second-order valence-corrected chi connectivity index (χ2v) is 3.76. The molecule has 0 heterocycles. The zero-order valence-electron chi connectivity index (χ0n) is 7.61. The van der Waals surface area contributed by atoms with E-state index in [1.54, 1.807) is 0 Å². The van der Waals surface area contributed by atoms with Crippen LogP contribution in [0.1, 0.15) is 5.56 Å². The van der Waals surface area contributed by atoms with Gasteiger partial charge in [0.15, 0.2) is 0 Å². The lowest BCUT2D eigenvalue weighted by molar-refractivity contribution is 0.145. The van der Waals surface area contributed by atoms with Gasteiger partial charge in [-0.2, -0.15) is 0 Å². The van der Waals surface area contributed by atoms with E-state index in [-0.39, 0.29) is 17.3 Å². The molecule has 1 aromatic rings. The van der Waals surface area contributed by atoms with Crippen molar-refractivity contribution in [2.24, 2.45) is 0 Å². The largest absolute Gasteiger partial charge is 0.506 e. The Labute approximate surface area is 95.8 Å². The van der Waals surface area contributed by atoms with Crippen molar-refractivity contribution < 1.29 is 13.9 Å². The molecule has 0 aliphatic rings. The summed E-state index contributed by atoms with van der Waals surface area (Å²) >= 11 is 11.3. The molecule has 0 radical (unpaired) electrons. The van der Waals surface area contributed by atoms with E-state index < -0.39 is 13.0 Å². The summed E-state index contributed by atoms with van der Waals surface area (Å²) in [7, 11) is 0. The molecule has 0 fully saturated rings. The van der Waals surface area contributed by atoms with Crippen LogP contribution in [0.3, 0.4) is 0 Å². The Bertz CT molecular complexity index is 347. The third kappa shape index (κ3) is 3.81. The molecule has 15 heavy (non-hydrogen) atoms. The van der Waals surface area contributed by atoms with Crippen LogP contribution in [0, 0.1) is 0 Å². The average Bonchev–Trinajstić information content (AvgIpc) is 2.12. The first-order valence-electron chi connectivity index (χ1n) is 4.16. The Morgan fingerprint density at radius 3 is 2.60 bits per heavy atom. The number of rotatable bonds is 4. The molecule has 0 aromatic heterocycles. The Balaban J connectivity index is 2.68. The highest BCUT2D eigenvalue weighted by atomic mass is 35.5. The zero-order chi connectivity index (χ0) is 11.4. The molecule has 1 aromatic carbocycles. The van der Waals surface area contributed by atoms with Crippen LogP contribution in [-0.2, 0) is 6.54 Å². The molecule has 0 aliphatic carbocycles. The van der Waals surface area contributed by atoms with Crippen molar-refractivity contribution >= 4 is 23.2 Å². The Hall–Kier alpha value is -0.580. The van der Waals surface area contributed by atoms with Crippen LogP contribution in [0.5, 0.6) is 5.75 Å². The van der Waals surface area contributed by atoms with Crippen molar-refractivity contribution in [3.8, 4) is 5.75 Å². The van der Waals surface area contributed by atoms with Crippen molar-refractivity contribution in [1.82, 2.24) is 5.32 Å². The number of hydrogen-bond acceptors (Lipinski definition) is 2. The lowest BCUT2D eigenvalue weighted by Crippen LogP contribution is -2.20. The molecular weight excluding hydrogens is 247 g/mol. The standard InChI is InChI=1S/C9H9Cl2F2NO/c10-6-1-5(3-14-4-8(12)13)9(15)7(11)2-6/h1-2,8,14-15H,3-4H2. The number of phenols is 1. The fraction of sp³-hybridized carbons (Fsp3) is 0.333. The molecule has 0 atom stereocenters. The summed E-state index contributed by atoms with van der Waals surface area (Å²) in [5, 5.41) is 12.4. The number of aromatic hydroxyl groups is 1. The highest BCUT2D eigenvalue weighted by molar-refractivity contribution is 6.35. The summed E-state index contributed by atoms with van der Waals surface area (Å²) in [4.78, 5) is 0. The van der Waals surface area contributed by atoms with Crippen LogP contribution >= 0.6 is 23.2 Å². The summed E-state index contributed by atoms with van der Waals surface area (Å²) in [6.07, 6.45) is -2.43. The fourth-order valence-corrected chi connectivity index (χ4v) is 1.61. The summed E-state index contributed by atoms with van der Waals surface area (Å²) in [5.74, 6) is -0.136. The zero-order valence-corrected chi connectivity index (χ0v) is 9.12. The maximum Gasteiger partial charge on any atom is 0.250 e. The average molecular weight is 256 g/mol. The van der Waals surface area contributed by atoms with Crippen LogP contribution in [0.4, 0.5) is 8.78 Å². The molecule has 0 amide bonds. The first-order chi connectivity index (χ1) is 7.00. The van der Waals surface area contributed by atoms with Gasteiger partial charge in [-0.1, -0.05) is 23.2 Å². The monoisotopic (exact) mass is 255 g/mol. The van der Waals surface area contributed by atoms with Gasteiger partial charge < -0.3 is 10.4 Å². The van der Waals surface area contributed by atoms with Gasteiger partial charge in [0.25, 0.3) is 6.43 Å². The fourth-order valence-electron chi connectivity index (χ4n) is 1.07. The van der Waals surface area contributed by atoms with Gasteiger partial charge in [0, 0.05) is 17.1 Å². The van der Waals surface area contributed by atoms with Crippen molar-refractivity contribution in [2.45, 2.75) is 13.0 Å². The Kier molecular flexibility index (Phi) is 4.57. The lowest BCUT2D eigenvalue weighted by Gasteiger charge is -2.08. The lowest BCUT2D eigenvalue weighted by atomic mass is 10.2. The molecule has 0 bridgehead atoms. The third-order valence-corrected chi connectivity index (χ3v) is 2.23. The molecule has 1 rings (SSSR count). The minimum Gasteiger partial charge on any atom is -0.506 e. The van der Waals surface area contributed by atoms with E-state index in [0.29, 0.717) is 10.6 Å². The van der Waals surface area contributed by atoms with Crippen LogP contribution in [0.15, 0.2) is 12.1 Å². The predicted molar refractivity (Wildman–Crippen MR) is 55.8 cm³/mol. The first kappa shape index (κ1) is 12.5. The number of halogens is 4. The third-order valence-electron chi connectivity index (χ3n) is 1.72. The number of benzene rings is 1. The number of alkyl halides is 2. The molecule has 2 nitrogen and oxygen atoms in total. The smallest absolute Gasteiger partial charge is 0.250 e. The van der Waals surface area contributed by atoms with E-state index in [0.717, 1.165) is 0 Å². The van der Waals surface area contributed by atoms with E-state index in [1.165, 1.54) is 12.1 Å². The van der Waals surface area contributed by atoms with Crippen molar-refractivity contribution in [1.29, 1.82) is 0 Å². The van der Waals surface area contributed by atoms with E-state index >= 15 is 0 Å². The summed E-state index contributed by atoms with van der Waals surface area (Å²) in [6, 6.07) is 2.86. The normalized spacial score (nSPS) is 11.0. The Morgan fingerprint density at radius 2 is 2.00 bits per heavy atom. The van der Waals surface area contributed by atoms with Gasteiger partial charge in [-0.3, -0.25) is 0 Å². The number of nitrogens with one attached hydrogen (secondary N) is 1. The highest BCUT2D eigenvalue weighted by Crippen LogP contribution is 2.30. The predicted octanol–water partition coefficient (Wildman–Crippen LogP) is 3.05. The van der Waals surface area contributed by atoms with Gasteiger partial charge in [-0.25, -0.2) is 8.78 Å². The molecule has 0 spiro atoms. The van der Waals surface area contributed by atoms with Gasteiger partial charge >= 0.3 is 0 Å². The topological polar surface area (TPSA) is 32.3 Å². The second kappa shape index (κ2) is 5.49. The van der Waals surface area contributed by atoms with Crippen LogP contribution in [0.2, 0.25) is 10.0 Å². The highest BCUT2D eigenvalue weighted by Gasteiger charge is 2.08. The first-order valence-corrected chi connectivity index (χ1v) is 4.92. The Morgan fingerprint density at radius 1 is 1.33 bits per heavy atom. The molecule has 0 saturated heterocycles. The summed E-state index contributed by atoms with van der Waals surface area (Å²) in [6.45, 7) is -0.347. The van der Waals surface area contributed by atoms with Gasteiger partial charge in [-0.05, 0) is 12.1 Å². The van der Waals surface area contributed by atoms with Crippen LogP contribution in [-0.4, -0.2) is 18.1 Å². The van der Waals surface area contributed by atoms with Gasteiger partial charge in [0.2, 0.25) is 0 Å². The molecule has 2 N–H and O–H groups in total. The van der Waals surface area contributed by atoms with Gasteiger partial charge in [-0.15, -0.1) is 0 Å². The summed E-state index contributed by atoms with van der Waals surface area (Å²) in [5.41, 5.74) is 0.396. The number of hydrogen-bond donors (Lipinski definition) is 2. The van der Waals surface area contributed by atoms with E-state index in [4.69, 9.17) is 23.2 Å². The maximum absolute atomic E-state index is 11.8. The van der Waals surface area contributed by atoms with E-state index in [1.807, 2.05) is 0 Å². The quantitative estimate of drug-likeness (QED) is 0.867. The second-order valence-electron chi connectivity index (χ2n) is 2.92. The molecule has 0 aliphatic heterocycles. The minimum absolute atomic E-state index is 0.0937. The summed E-state index contributed by atoms with van der Waals surface area (Å²) < 4.78 is 23.6. The molecular formula is C9H9Cl2F2NO. The van der Waals surface area contributed by atoms with E-state index in [9.17, 15) is 13.9 Å². The van der Waals surface area contributed by atoms with E-state index in [2.05, 4.69) is 5.32 Å². The SMILES string of the molecule is Oc1c(Cl)cc(Cl)cc1CNCC(F)F. The van der Waals surface area contributed by atoms with Crippen molar-refractivity contribution in [2.75, 3.05) is 6.54 Å². The molecule has 84 valence electrons. The molecule has 0 unspecified atom stereocenters. The molecule has 6 heteroatoms. The molecule has 0 saturated carbocycles. The van der Waals surface area contributed by atoms with Crippen molar-refractivity contribution in [3.63, 3.8) is 0 Å². The van der Waals surface area contributed by atoms with Crippen LogP contribution in [0.25, 0.3) is 0 Å². The maximum atomic E-state index is 11.8. The van der Waals surface area contributed by atoms with Gasteiger partial charge in [0.1, 0.15) is 5.75 Å². The van der Waals surface area contributed by atoms with Gasteiger partial charge in [0.05, 0.1) is 11.6 Å². The van der Waals surface area contributed by atoms with Crippen molar-refractivity contribution in [3.05, 3.63) is 27.7 Å². The number of phenolic OH excluding ortho intramolecular Hbond substituents is 1. The minimum atomic E-state index is -2.43.